The fraction of sp³-hybridized carbons (Fsp3) is 0. The zero-order valence-corrected chi connectivity index (χ0v) is 7.18. The largest absolute Gasteiger partial charge is 0.427 e. The lowest BCUT2D eigenvalue weighted by atomic mass is 15.8. The molecule has 6 nitrogen and oxygen atoms in total. The van der Waals surface area contributed by atoms with Crippen molar-refractivity contribution in [1.29, 1.82) is 0 Å². The van der Waals surface area contributed by atoms with E-state index in [-0.39, 0.29) is 0 Å². The second kappa shape index (κ2) is 1.36. The number of rotatable bonds is 0. The van der Waals surface area contributed by atoms with Crippen LogP contribution in [0.5, 0.6) is 0 Å². The van der Waals surface area contributed by atoms with Gasteiger partial charge in [0, 0.05) is 0 Å². The first-order valence-electron chi connectivity index (χ1n) is 2.09. The van der Waals surface area contributed by atoms with E-state index >= 15 is 0 Å². The maximum absolute atomic E-state index is 8.51. The molecule has 1 aliphatic rings. The Morgan fingerprint density at radius 3 is 0.556 bits per heavy atom. The zero-order valence-electron chi connectivity index (χ0n) is 4.18. The Balaban J connectivity index is 2.91. The quantitative estimate of drug-likeness (QED) is 0.212. The molecule has 1 fully saturated rings. The lowest BCUT2D eigenvalue weighted by molar-refractivity contribution is 0.368. The second-order valence-corrected chi connectivity index (χ2v) is 23.1. The Bertz CT molecular complexity index is 106. The van der Waals surface area contributed by atoms with Crippen LogP contribution in [0.1, 0.15) is 0 Å². The van der Waals surface area contributed by atoms with Crippen molar-refractivity contribution >= 4 is 22.8 Å². The Hall–Kier alpha value is 0.411. The lowest BCUT2D eigenvalue weighted by Gasteiger charge is -1.91. The second-order valence-electron chi connectivity index (χ2n) is 2.02. The molecule has 1 aliphatic heterocycles. The van der Waals surface area contributed by atoms with Crippen LogP contribution >= 0.6 is 0 Å². The highest BCUT2D eigenvalue weighted by Gasteiger charge is 3.01. The molecule has 1 heterocycles. The molecular formula is H6O6Si3. The summed E-state index contributed by atoms with van der Waals surface area (Å²) in [6.07, 6.45) is 0. The summed E-state index contributed by atoms with van der Waals surface area (Å²) < 4.78 is 0. The van der Waals surface area contributed by atoms with Crippen molar-refractivity contribution in [3.05, 3.63) is 0 Å². The molecule has 0 aromatic carbocycles. The van der Waals surface area contributed by atoms with E-state index in [1.807, 2.05) is 0 Å². The van der Waals surface area contributed by atoms with Crippen LogP contribution in [0.2, 0.25) is 0 Å². The van der Waals surface area contributed by atoms with Gasteiger partial charge >= 0.3 is 22.8 Å². The topological polar surface area (TPSA) is 121 Å². The van der Waals surface area contributed by atoms with Gasteiger partial charge in [0.25, 0.3) is 0 Å². The summed E-state index contributed by atoms with van der Waals surface area (Å²) in [5.74, 6) is 0. The van der Waals surface area contributed by atoms with Gasteiger partial charge < -0.3 is 28.8 Å². The van der Waals surface area contributed by atoms with Gasteiger partial charge in [-0.05, 0) is 0 Å². The maximum atomic E-state index is 8.51. The van der Waals surface area contributed by atoms with Crippen molar-refractivity contribution in [3.63, 3.8) is 0 Å². The molecule has 0 atom stereocenters. The lowest BCUT2D eigenvalue weighted by Crippen LogP contribution is -2.35. The van der Waals surface area contributed by atoms with E-state index in [2.05, 4.69) is 0 Å². The fourth-order valence-corrected chi connectivity index (χ4v) is 21.7. The van der Waals surface area contributed by atoms with E-state index in [9.17, 15) is 0 Å². The molecule has 1 rings (SSSR count). The fourth-order valence-electron chi connectivity index (χ4n) is 0.468. The predicted molar refractivity (Wildman–Crippen MR) is 30.6 cm³/mol. The van der Waals surface area contributed by atoms with E-state index in [0.29, 0.717) is 0 Å². The zero-order chi connectivity index (χ0) is 7.50. The summed E-state index contributed by atoms with van der Waals surface area (Å²) in [6.45, 7) is 0. The Morgan fingerprint density at radius 1 is 0.444 bits per heavy atom. The Labute approximate surface area is 52.4 Å². The molecule has 0 radical (unpaired) electrons. The van der Waals surface area contributed by atoms with E-state index in [0.717, 1.165) is 0 Å². The van der Waals surface area contributed by atoms with Gasteiger partial charge in [-0.1, -0.05) is 0 Å². The molecule has 0 saturated carbocycles. The predicted octanol–water partition coefficient (Wildman–Crippen LogP) is -4.48. The third-order valence-corrected chi connectivity index (χ3v) is 26.9. The third-order valence-electron chi connectivity index (χ3n) is 1.40. The maximum Gasteiger partial charge on any atom is 0.427 e. The van der Waals surface area contributed by atoms with E-state index in [1.165, 1.54) is 0 Å². The van der Waals surface area contributed by atoms with Crippen molar-refractivity contribution < 1.29 is 28.8 Å². The molecule has 0 aromatic rings. The molecule has 6 N–H and O–H groups in total. The number of hydrogen-bond donors (Lipinski definition) is 6. The van der Waals surface area contributed by atoms with Crippen LogP contribution in [-0.4, -0.2) is 51.6 Å². The summed E-state index contributed by atoms with van der Waals surface area (Å²) in [4.78, 5) is 51.0. The van der Waals surface area contributed by atoms with Crippen LogP contribution in [0.25, 0.3) is 0 Å². The first-order chi connectivity index (χ1) is 3.75. The van der Waals surface area contributed by atoms with Crippen molar-refractivity contribution in [2.45, 2.75) is 0 Å². The molecular weight excluding hydrogens is 180 g/mol. The van der Waals surface area contributed by atoms with Crippen molar-refractivity contribution in [2.24, 2.45) is 0 Å². The van der Waals surface area contributed by atoms with E-state index < -0.39 is 22.8 Å². The molecule has 54 valence electrons. The SMILES string of the molecule is O[Si]1(O)[Si](O)(O)[Si]1(O)O. The minimum absolute atomic E-state index is 4.32. The summed E-state index contributed by atoms with van der Waals surface area (Å²) in [7, 11) is -12.9. The number of hydrogen-bond acceptors (Lipinski definition) is 6. The molecule has 0 amide bonds. The van der Waals surface area contributed by atoms with Gasteiger partial charge in [-0.3, -0.25) is 0 Å². The summed E-state index contributed by atoms with van der Waals surface area (Å²) in [6, 6.07) is 0. The first kappa shape index (κ1) is 7.52. The van der Waals surface area contributed by atoms with E-state index in [1.54, 1.807) is 0 Å². The van der Waals surface area contributed by atoms with Crippen molar-refractivity contribution in [1.82, 2.24) is 0 Å². The summed E-state index contributed by atoms with van der Waals surface area (Å²) in [5, 5.41) is 0. The minimum atomic E-state index is -4.32. The van der Waals surface area contributed by atoms with Gasteiger partial charge in [0.05, 0.1) is 0 Å². The molecule has 9 heteroatoms. The average molecular weight is 186 g/mol. The van der Waals surface area contributed by atoms with Gasteiger partial charge in [-0.25, -0.2) is 0 Å². The molecule has 0 aromatic heterocycles. The van der Waals surface area contributed by atoms with Crippen LogP contribution in [0, 0.1) is 0 Å². The van der Waals surface area contributed by atoms with Crippen LogP contribution < -0.4 is 0 Å². The van der Waals surface area contributed by atoms with Gasteiger partial charge in [0.2, 0.25) is 0 Å². The molecule has 9 heavy (non-hydrogen) atoms. The van der Waals surface area contributed by atoms with Crippen molar-refractivity contribution in [3.8, 4) is 0 Å². The highest BCUT2D eigenvalue weighted by atomic mass is 30.2. The third kappa shape index (κ3) is 0.535. The standard InChI is InChI=1S/H6O6Si3/c1-7(2)8(3,4)9(7,5)6/h1-6H. The van der Waals surface area contributed by atoms with Gasteiger partial charge in [-0.15, -0.1) is 0 Å². The smallest absolute Gasteiger partial charge is 0.409 e. The Morgan fingerprint density at radius 2 is 0.556 bits per heavy atom. The van der Waals surface area contributed by atoms with Gasteiger partial charge in [0.15, 0.2) is 0 Å². The Kier molecular flexibility index (Phi) is 1.14. The highest BCUT2D eigenvalue weighted by molar-refractivity contribution is 8.03. The normalized spacial score (nSPS) is 34.0. The molecule has 0 unspecified atom stereocenters. The van der Waals surface area contributed by atoms with E-state index in [4.69, 9.17) is 28.8 Å². The highest BCUT2D eigenvalue weighted by Crippen LogP contribution is 2.37. The monoisotopic (exact) mass is 186 g/mol. The van der Waals surface area contributed by atoms with Crippen molar-refractivity contribution in [2.75, 3.05) is 0 Å². The van der Waals surface area contributed by atoms with Gasteiger partial charge in [0.1, 0.15) is 0 Å². The molecule has 0 bridgehead atoms. The van der Waals surface area contributed by atoms with Crippen LogP contribution in [0.3, 0.4) is 0 Å². The van der Waals surface area contributed by atoms with Crippen LogP contribution in [-0.2, 0) is 0 Å². The summed E-state index contributed by atoms with van der Waals surface area (Å²) in [5.41, 5.74) is 0. The molecule has 1 saturated heterocycles. The molecule has 0 spiro atoms. The molecule has 0 aliphatic carbocycles. The first-order valence-corrected chi connectivity index (χ1v) is 10.8. The van der Waals surface area contributed by atoms with Crippen LogP contribution in [0.4, 0.5) is 0 Å². The van der Waals surface area contributed by atoms with Crippen LogP contribution in [0.15, 0.2) is 0 Å². The van der Waals surface area contributed by atoms with Gasteiger partial charge in [-0.2, -0.15) is 0 Å². The summed E-state index contributed by atoms with van der Waals surface area (Å²) >= 11 is 0. The minimum Gasteiger partial charge on any atom is -0.409 e. The average Bonchev–Trinajstić information content (AvgIpc) is 1.84.